The first-order valence-corrected chi connectivity index (χ1v) is 10.6. The topological polar surface area (TPSA) is 106 Å². The van der Waals surface area contributed by atoms with Gasteiger partial charge in [0, 0.05) is 48.6 Å². The highest BCUT2D eigenvalue weighted by Crippen LogP contribution is 2.28. The molecule has 5 rings (SSSR count). The van der Waals surface area contributed by atoms with Crippen molar-refractivity contribution in [2.24, 2.45) is 0 Å². The highest BCUT2D eigenvalue weighted by molar-refractivity contribution is 5.91. The Morgan fingerprint density at radius 3 is 2.85 bits per heavy atom. The summed E-state index contributed by atoms with van der Waals surface area (Å²) >= 11 is 0. The van der Waals surface area contributed by atoms with Gasteiger partial charge in [0.2, 0.25) is 11.8 Å². The van der Waals surface area contributed by atoms with E-state index < -0.39 is 0 Å². The third-order valence-corrected chi connectivity index (χ3v) is 5.55. The molecule has 4 heterocycles. The minimum atomic E-state index is -0.0440. The number of hydrogen-bond donors (Lipinski definition) is 1. The Morgan fingerprint density at radius 1 is 1.18 bits per heavy atom. The third kappa shape index (κ3) is 4.52. The Hall–Kier alpha value is -4.27. The number of piperidine rings is 1. The lowest BCUT2D eigenvalue weighted by Crippen LogP contribution is -2.41. The SMILES string of the molecule is C=CC(=O)N1CCC(Oc2cc3c(Nc4cccc(-c5cnco5)c4)ncnc3cn2)CC1. The van der Waals surface area contributed by atoms with Crippen LogP contribution in [0, 0.1) is 0 Å². The van der Waals surface area contributed by atoms with Crippen molar-refractivity contribution in [1.29, 1.82) is 0 Å². The van der Waals surface area contributed by atoms with Crippen LogP contribution in [-0.2, 0) is 4.79 Å². The molecular weight excluding hydrogens is 420 g/mol. The van der Waals surface area contributed by atoms with Gasteiger partial charge in [-0.15, -0.1) is 0 Å². The first-order chi connectivity index (χ1) is 16.2. The number of pyridine rings is 1. The molecule has 1 amide bonds. The summed E-state index contributed by atoms with van der Waals surface area (Å²) in [5, 5.41) is 4.15. The van der Waals surface area contributed by atoms with Gasteiger partial charge in [-0.1, -0.05) is 18.7 Å². The second-order valence-electron chi connectivity index (χ2n) is 7.68. The van der Waals surface area contributed by atoms with Gasteiger partial charge < -0.3 is 19.4 Å². The number of hydrogen-bond acceptors (Lipinski definition) is 8. The second kappa shape index (κ2) is 9.07. The molecular formula is C24H22N6O3. The zero-order valence-corrected chi connectivity index (χ0v) is 17.8. The normalized spacial score (nSPS) is 14.2. The van der Waals surface area contributed by atoms with E-state index in [9.17, 15) is 4.79 Å². The Kier molecular flexibility index (Phi) is 5.67. The lowest BCUT2D eigenvalue weighted by atomic mass is 10.1. The van der Waals surface area contributed by atoms with Crippen LogP contribution in [0.15, 0.2) is 72.5 Å². The maximum Gasteiger partial charge on any atom is 0.245 e. The largest absolute Gasteiger partial charge is 0.474 e. The number of carbonyl (C=O) groups excluding carboxylic acids is 1. The van der Waals surface area contributed by atoms with Crippen LogP contribution in [0.1, 0.15) is 12.8 Å². The van der Waals surface area contributed by atoms with Gasteiger partial charge in [-0.05, 0) is 18.2 Å². The van der Waals surface area contributed by atoms with Crippen molar-refractivity contribution >= 4 is 28.3 Å². The highest BCUT2D eigenvalue weighted by Gasteiger charge is 2.23. The van der Waals surface area contributed by atoms with Crippen LogP contribution >= 0.6 is 0 Å². The van der Waals surface area contributed by atoms with E-state index in [0.29, 0.717) is 36.1 Å². The van der Waals surface area contributed by atoms with Gasteiger partial charge in [-0.3, -0.25) is 4.79 Å². The van der Waals surface area contributed by atoms with E-state index in [-0.39, 0.29) is 12.0 Å². The average molecular weight is 442 g/mol. The van der Waals surface area contributed by atoms with E-state index in [4.69, 9.17) is 9.15 Å². The van der Waals surface area contributed by atoms with Gasteiger partial charge >= 0.3 is 0 Å². The van der Waals surface area contributed by atoms with Crippen LogP contribution in [0.25, 0.3) is 22.2 Å². The molecule has 1 aliphatic heterocycles. The summed E-state index contributed by atoms with van der Waals surface area (Å²) in [7, 11) is 0. The number of nitrogens with zero attached hydrogens (tertiary/aromatic N) is 5. The Bertz CT molecular complexity index is 1280. The molecule has 1 saturated heterocycles. The molecule has 0 bridgehead atoms. The van der Waals surface area contributed by atoms with Crippen molar-refractivity contribution in [2.45, 2.75) is 18.9 Å². The molecule has 0 spiro atoms. The van der Waals surface area contributed by atoms with Crippen molar-refractivity contribution in [2.75, 3.05) is 18.4 Å². The molecule has 9 heteroatoms. The molecule has 0 atom stereocenters. The standard InChI is InChI=1S/C24H22N6O3/c1-2-23(31)30-8-6-18(7-9-30)33-22-11-19-20(12-26-22)27-14-28-24(19)29-17-5-3-4-16(10-17)21-13-25-15-32-21/h2-5,10-15,18H,1,6-9H2,(H,27,28,29). The monoisotopic (exact) mass is 442 g/mol. The van der Waals surface area contributed by atoms with Crippen LogP contribution in [0.2, 0.25) is 0 Å². The highest BCUT2D eigenvalue weighted by atomic mass is 16.5. The summed E-state index contributed by atoms with van der Waals surface area (Å²) in [6.45, 7) is 4.83. The molecule has 166 valence electrons. The fourth-order valence-electron chi connectivity index (χ4n) is 3.84. The summed E-state index contributed by atoms with van der Waals surface area (Å²) in [6, 6.07) is 9.64. The molecule has 0 unspecified atom stereocenters. The van der Waals surface area contributed by atoms with Crippen LogP contribution in [0.3, 0.4) is 0 Å². The number of ether oxygens (including phenoxy) is 1. The van der Waals surface area contributed by atoms with Crippen molar-refractivity contribution in [3.05, 3.63) is 68.1 Å². The summed E-state index contributed by atoms with van der Waals surface area (Å²) in [5.41, 5.74) is 2.46. The van der Waals surface area contributed by atoms with E-state index in [1.54, 1.807) is 17.3 Å². The van der Waals surface area contributed by atoms with Crippen molar-refractivity contribution in [1.82, 2.24) is 24.8 Å². The number of benzene rings is 1. The quantitative estimate of drug-likeness (QED) is 0.447. The Labute approximate surface area is 190 Å². The molecule has 33 heavy (non-hydrogen) atoms. The van der Waals surface area contributed by atoms with E-state index in [1.807, 2.05) is 30.3 Å². The predicted molar refractivity (Wildman–Crippen MR) is 123 cm³/mol. The van der Waals surface area contributed by atoms with Gasteiger partial charge in [-0.2, -0.15) is 0 Å². The van der Waals surface area contributed by atoms with Crippen LogP contribution in [0.4, 0.5) is 11.5 Å². The molecule has 1 aliphatic rings. The zero-order chi connectivity index (χ0) is 22.6. The summed E-state index contributed by atoms with van der Waals surface area (Å²) in [5.74, 6) is 1.79. The van der Waals surface area contributed by atoms with Crippen molar-refractivity contribution in [3.8, 4) is 17.2 Å². The Morgan fingerprint density at radius 2 is 2.06 bits per heavy atom. The van der Waals surface area contributed by atoms with Crippen molar-refractivity contribution in [3.63, 3.8) is 0 Å². The zero-order valence-electron chi connectivity index (χ0n) is 17.8. The lowest BCUT2D eigenvalue weighted by molar-refractivity contribution is -0.127. The number of carbonyl (C=O) groups is 1. The molecule has 0 saturated carbocycles. The first kappa shape index (κ1) is 20.6. The molecule has 0 radical (unpaired) electrons. The number of amides is 1. The van der Waals surface area contributed by atoms with E-state index in [2.05, 4.69) is 31.8 Å². The smallest absolute Gasteiger partial charge is 0.245 e. The van der Waals surface area contributed by atoms with E-state index in [1.165, 1.54) is 18.8 Å². The van der Waals surface area contributed by atoms with Crippen LogP contribution < -0.4 is 10.1 Å². The Balaban J connectivity index is 1.34. The number of aromatic nitrogens is 4. The number of oxazole rings is 1. The van der Waals surface area contributed by atoms with Gasteiger partial charge in [0.25, 0.3) is 0 Å². The number of rotatable bonds is 6. The average Bonchev–Trinajstić information content (AvgIpc) is 3.40. The van der Waals surface area contributed by atoms with Crippen LogP contribution in [0.5, 0.6) is 5.88 Å². The fraction of sp³-hybridized carbons (Fsp3) is 0.208. The number of nitrogens with one attached hydrogen (secondary N) is 1. The third-order valence-electron chi connectivity index (χ3n) is 5.55. The van der Waals surface area contributed by atoms with E-state index >= 15 is 0 Å². The molecule has 0 aliphatic carbocycles. The van der Waals surface area contributed by atoms with Crippen LogP contribution in [-0.4, -0.2) is 49.9 Å². The summed E-state index contributed by atoms with van der Waals surface area (Å²) in [6.07, 6.45) is 9.08. The number of likely N-dealkylation sites (tertiary alicyclic amines) is 1. The maximum atomic E-state index is 11.8. The fourth-order valence-corrected chi connectivity index (χ4v) is 3.84. The molecule has 1 N–H and O–H groups in total. The number of fused-ring (bicyclic) bond motifs is 1. The predicted octanol–water partition coefficient (Wildman–Crippen LogP) is 3.98. The molecule has 3 aromatic heterocycles. The molecule has 1 aromatic carbocycles. The lowest BCUT2D eigenvalue weighted by Gasteiger charge is -2.31. The van der Waals surface area contributed by atoms with Gasteiger partial charge in [0.05, 0.1) is 17.9 Å². The first-order valence-electron chi connectivity index (χ1n) is 10.6. The molecule has 1 fully saturated rings. The van der Waals surface area contributed by atoms with Crippen molar-refractivity contribution < 1.29 is 13.9 Å². The summed E-state index contributed by atoms with van der Waals surface area (Å²) in [4.78, 5) is 30.7. The minimum Gasteiger partial charge on any atom is -0.474 e. The van der Waals surface area contributed by atoms with Gasteiger partial charge in [0.15, 0.2) is 12.2 Å². The second-order valence-corrected chi connectivity index (χ2v) is 7.68. The van der Waals surface area contributed by atoms with Gasteiger partial charge in [0.1, 0.15) is 18.2 Å². The van der Waals surface area contributed by atoms with Gasteiger partial charge in [-0.25, -0.2) is 19.9 Å². The maximum absolute atomic E-state index is 11.8. The summed E-state index contributed by atoms with van der Waals surface area (Å²) < 4.78 is 11.5. The number of anilines is 2. The molecule has 4 aromatic rings. The minimum absolute atomic E-state index is 0.0107. The molecule has 9 nitrogen and oxygen atoms in total. The van der Waals surface area contributed by atoms with E-state index in [0.717, 1.165) is 29.5 Å².